The maximum Gasteiger partial charge on any atom is 0.227 e. The summed E-state index contributed by atoms with van der Waals surface area (Å²) in [5.74, 6) is -0.252. The zero-order chi connectivity index (χ0) is 8.48. The summed E-state index contributed by atoms with van der Waals surface area (Å²) in [5, 5.41) is 0. The molecule has 0 spiro atoms. The molecule has 60 valence electrons. The molecule has 1 aliphatic carbocycles. The minimum atomic E-state index is -0.459. The summed E-state index contributed by atoms with van der Waals surface area (Å²) in [6, 6.07) is 0. The molecular weight excluding hydrogens is 138 g/mol. The summed E-state index contributed by atoms with van der Waals surface area (Å²) in [5.41, 5.74) is 5.97. The van der Waals surface area contributed by atoms with Gasteiger partial charge >= 0.3 is 0 Å². The van der Waals surface area contributed by atoms with Crippen molar-refractivity contribution in [2.45, 2.75) is 20.3 Å². The van der Waals surface area contributed by atoms with E-state index in [1.165, 1.54) is 5.57 Å². The number of rotatable bonds is 1. The zero-order valence-electron chi connectivity index (χ0n) is 6.92. The van der Waals surface area contributed by atoms with Gasteiger partial charge in [0.1, 0.15) is 0 Å². The Balaban J connectivity index is 2.82. The molecule has 2 N–H and O–H groups in total. The quantitative estimate of drug-likeness (QED) is 0.604. The Morgan fingerprint density at radius 1 is 1.73 bits per heavy atom. The number of hydrogen-bond acceptors (Lipinski definition) is 1. The van der Waals surface area contributed by atoms with Crippen molar-refractivity contribution in [2.24, 2.45) is 11.1 Å². The first-order valence-corrected chi connectivity index (χ1v) is 3.70. The number of carbonyl (C=O) groups excluding carboxylic acids is 1. The van der Waals surface area contributed by atoms with E-state index in [9.17, 15) is 4.79 Å². The van der Waals surface area contributed by atoms with Crippen molar-refractivity contribution in [3.05, 3.63) is 23.8 Å². The summed E-state index contributed by atoms with van der Waals surface area (Å²) in [6.45, 7) is 3.87. The van der Waals surface area contributed by atoms with Crippen molar-refractivity contribution < 1.29 is 4.79 Å². The molecule has 0 saturated carbocycles. The molecule has 2 nitrogen and oxygen atoms in total. The van der Waals surface area contributed by atoms with Crippen LogP contribution in [0.4, 0.5) is 0 Å². The van der Waals surface area contributed by atoms with E-state index in [0.717, 1.165) is 6.42 Å². The van der Waals surface area contributed by atoms with Gasteiger partial charge in [-0.1, -0.05) is 23.8 Å². The van der Waals surface area contributed by atoms with Gasteiger partial charge in [0.05, 0.1) is 5.41 Å². The average molecular weight is 151 g/mol. The molecule has 0 aromatic heterocycles. The van der Waals surface area contributed by atoms with Gasteiger partial charge in [-0.25, -0.2) is 0 Å². The van der Waals surface area contributed by atoms with Gasteiger partial charge < -0.3 is 5.73 Å². The molecule has 0 aromatic rings. The lowest BCUT2D eigenvalue weighted by Crippen LogP contribution is -2.33. The van der Waals surface area contributed by atoms with Crippen molar-refractivity contribution in [1.29, 1.82) is 0 Å². The minimum absolute atomic E-state index is 0.252. The lowest BCUT2D eigenvalue weighted by atomic mass is 9.82. The van der Waals surface area contributed by atoms with Gasteiger partial charge in [0, 0.05) is 0 Å². The van der Waals surface area contributed by atoms with E-state index < -0.39 is 5.41 Å². The van der Waals surface area contributed by atoms with Crippen LogP contribution < -0.4 is 5.73 Å². The van der Waals surface area contributed by atoms with Crippen LogP contribution in [0.15, 0.2) is 23.8 Å². The van der Waals surface area contributed by atoms with Crippen molar-refractivity contribution in [3.63, 3.8) is 0 Å². The number of carbonyl (C=O) groups is 1. The van der Waals surface area contributed by atoms with Gasteiger partial charge in [-0.05, 0) is 20.3 Å². The molecule has 2 heteroatoms. The van der Waals surface area contributed by atoms with Crippen molar-refractivity contribution in [3.8, 4) is 0 Å². The summed E-state index contributed by atoms with van der Waals surface area (Å²) < 4.78 is 0. The standard InChI is InChI=1S/C9H13NO/c1-7-3-5-9(2,6-4-7)8(10)11/h3-5H,6H2,1-2H3,(H2,10,11). The van der Waals surface area contributed by atoms with E-state index in [1.54, 1.807) is 0 Å². The highest BCUT2D eigenvalue weighted by molar-refractivity contribution is 5.83. The fraction of sp³-hybridized carbons (Fsp3) is 0.444. The topological polar surface area (TPSA) is 43.1 Å². The maximum atomic E-state index is 10.9. The maximum absolute atomic E-state index is 10.9. The normalized spacial score (nSPS) is 29.8. The lowest BCUT2D eigenvalue weighted by molar-refractivity contribution is -0.124. The summed E-state index contributed by atoms with van der Waals surface area (Å²) in [6.07, 6.45) is 6.58. The summed E-state index contributed by atoms with van der Waals surface area (Å²) in [4.78, 5) is 10.9. The first kappa shape index (κ1) is 8.05. The molecule has 1 amide bonds. The van der Waals surface area contributed by atoms with Gasteiger partial charge in [-0.15, -0.1) is 0 Å². The van der Waals surface area contributed by atoms with E-state index in [1.807, 2.05) is 32.1 Å². The molecule has 0 bridgehead atoms. The van der Waals surface area contributed by atoms with Gasteiger partial charge in [-0.3, -0.25) is 4.79 Å². The minimum Gasteiger partial charge on any atom is -0.369 e. The highest BCUT2D eigenvalue weighted by Crippen LogP contribution is 2.28. The zero-order valence-corrected chi connectivity index (χ0v) is 6.92. The van der Waals surface area contributed by atoms with Gasteiger partial charge in [0.15, 0.2) is 0 Å². The van der Waals surface area contributed by atoms with E-state index in [2.05, 4.69) is 0 Å². The Hall–Kier alpha value is -1.05. The van der Waals surface area contributed by atoms with Gasteiger partial charge in [0.2, 0.25) is 5.91 Å². The SMILES string of the molecule is CC1=CCC(C)(C(N)=O)C=C1. The first-order valence-electron chi connectivity index (χ1n) is 3.70. The van der Waals surface area contributed by atoms with Crippen molar-refractivity contribution in [1.82, 2.24) is 0 Å². The van der Waals surface area contributed by atoms with Crippen LogP contribution in [0.3, 0.4) is 0 Å². The van der Waals surface area contributed by atoms with E-state index in [4.69, 9.17) is 5.73 Å². The fourth-order valence-corrected chi connectivity index (χ4v) is 1.01. The highest BCUT2D eigenvalue weighted by atomic mass is 16.1. The predicted molar refractivity (Wildman–Crippen MR) is 44.8 cm³/mol. The molecule has 1 aliphatic rings. The second-order valence-electron chi connectivity index (χ2n) is 3.27. The number of nitrogens with two attached hydrogens (primary N) is 1. The Morgan fingerprint density at radius 2 is 2.36 bits per heavy atom. The highest BCUT2D eigenvalue weighted by Gasteiger charge is 2.27. The molecule has 0 heterocycles. The molecule has 0 aromatic carbocycles. The molecule has 1 rings (SSSR count). The Kier molecular flexibility index (Phi) is 1.85. The number of primary amides is 1. The second-order valence-corrected chi connectivity index (χ2v) is 3.27. The third-order valence-corrected chi connectivity index (χ3v) is 2.13. The van der Waals surface area contributed by atoms with Crippen LogP contribution in [-0.2, 0) is 4.79 Å². The van der Waals surface area contributed by atoms with Gasteiger partial charge in [0.25, 0.3) is 0 Å². The molecule has 0 saturated heterocycles. The molecule has 0 radical (unpaired) electrons. The van der Waals surface area contributed by atoms with Crippen LogP contribution in [0.2, 0.25) is 0 Å². The van der Waals surface area contributed by atoms with Crippen LogP contribution in [0.25, 0.3) is 0 Å². The summed E-state index contributed by atoms with van der Waals surface area (Å²) >= 11 is 0. The lowest BCUT2D eigenvalue weighted by Gasteiger charge is -2.23. The Labute approximate surface area is 66.8 Å². The monoisotopic (exact) mass is 151 g/mol. The number of hydrogen-bond donors (Lipinski definition) is 1. The smallest absolute Gasteiger partial charge is 0.227 e. The molecule has 1 atom stereocenters. The largest absolute Gasteiger partial charge is 0.369 e. The van der Waals surface area contributed by atoms with Gasteiger partial charge in [-0.2, -0.15) is 0 Å². The third-order valence-electron chi connectivity index (χ3n) is 2.13. The van der Waals surface area contributed by atoms with E-state index in [0.29, 0.717) is 0 Å². The average Bonchev–Trinajstić information content (AvgIpc) is 1.95. The molecule has 0 aliphatic heterocycles. The first-order chi connectivity index (χ1) is 5.04. The summed E-state index contributed by atoms with van der Waals surface area (Å²) in [7, 11) is 0. The second kappa shape index (κ2) is 2.53. The van der Waals surface area contributed by atoms with Crippen LogP contribution >= 0.6 is 0 Å². The van der Waals surface area contributed by atoms with Crippen molar-refractivity contribution >= 4 is 5.91 Å². The molecular formula is C9H13NO. The van der Waals surface area contributed by atoms with Crippen LogP contribution in [-0.4, -0.2) is 5.91 Å². The third kappa shape index (κ3) is 1.50. The molecule has 1 unspecified atom stereocenters. The van der Waals surface area contributed by atoms with Crippen LogP contribution in [0, 0.1) is 5.41 Å². The predicted octanol–water partition coefficient (Wildman–Crippen LogP) is 1.38. The van der Waals surface area contributed by atoms with Crippen LogP contribution in [0.1, 0.15) is 20.3 Å². The van der Waals surface area contributed by atoms with E-state index in [-0.39, 0.29) is 5.91 Å². The number of allylic oxidation sites excluding steroid dienone is 3. The Morgan fingerprint density at radius 3 is 2.73 bits per heavy atom. The van der Waals surface area contributed by atoms with Crippen LogP contribution in [0.5, 0.6) is 0 Å². The fourth-order valence-electron chi connectivity index (χ4n) is 1.01. The molecule has 0 fully saturated rings. The molecule has 11 heavy (non-hydrogen) atoms. The van der Waals surface area contributed by atoms with Crippen molar-refractivity contribution in [2.75, 3.05) is 0 Å². The Bertz CT molecular complexity index is 240. The van der Waals surface area contributed by atoms with E-state index >= 15 is 0 Å². The number of amides is 1.